The molecule has 0 spiro atoms. The van der Waals surface area contributed by atoms with Crippen LogP contribution in [0.25, 0.3) is 11.4 Å². The van der Waals surface area contributed by atoms with Gasteiger partial charge in [0.15, 0.2) is 0 Å². The van der Waals surface area contributed by atoms with Gasteiger partial charge in [0.2, 0.25) is 23.5 Å². The fraction of sp³-hybridized carbons (Fsp3) is 0.333. The molecule has 1 aromatic heterocycles. The van der Waals surface area contributed by atoms with Crippen molar-refractivity contribution in [3.8, 4) is 11.4 Å². The fourth-order valence-corrected chi connectivity index (χ4v) is 3.85. The van der Waals surface area contributed by atoms with E-state index in [1.807, 2.05) is 31.2 Å². The molecule has 2 aromatic carbocycles. The van der Waals surface area contributed by atoms with Crippen LogP contribution >= 0.6 is 0 Å². The standard InChI is InChI=1S/C24H27N5O3/c1-16-4-3-5-19(14-16)23-27-22(32-28-23)15-29-12-10-18(11-13-29)24(31)26-21-8-6-20(7-9-21)25-17(2)30/h3-9,14,18H,10-13,15H2,1-2H3,(H,25,30)(H,26,31). The average molecular weight is 434 g/mol. The largest absolute Gasteiger partial charge is 0.338 e. The highest BCUT2D eigenvalue weighted by atomic mass is 16.5. The van der Waals surface area contributed by atoms with Crippen molar-refractivity contribution in [2.75, 3.05) is 23.7 Å². The zero-order valence-electron chi connectivity index (χ0n) is 18.3. The maximum Gasteiger partial charge on any atom is 0.241 e. The Kier molecular flexibility index (Phi) is 6.61. The summed E-state index contributed by atoms with van der Waals surface area (Å²) in [5.41, 5.74) is 3.52. The number of rotatable bonds is 6. The maximum atomic E-state index is 12.6. The highest BCUT2D eigenvalue weighted by Crippen LogP contribution is 2.23. The monoisotopic (exact) mass is 433 g/mol. The number of likely N-dealkylation sites (tertiary alicyclic amines) is 1. The van der Waals surface area contributed by atoms with Gasteiger partial charge < -0.3 is 15.2 Å². The molecule has 1 fully saturated rings. The fourth-order valence-electron chi connectivity index (χ4n) is 3.85. The van der Waals surface area contributed by atoms with E-state index in [9.17, 15) is 9.59 Å². The van der Waals surface area contributed by atoms with Gasteiger partial charge in [0.1, 0.15) is 0 Å². The van der Waals surface area contributed by atoms with Gasteiger partial charge in [0, 0.05) is 29.8 Å². The first-order chi connectivity index (χ1) is 15.5. The summed E-state index contributed by atoms with van der Waals surface area (Å²) < 4.78 is 5.44. The minimum Gasteiger partial charge on any atom is -0.338 e. The Morgan fingerprint density at radius 1 is 1.06 bits per heavy atom. The lowest BCUT2D eigenvalue weighted by atomic mass is 9.96. The molecule has 2 N–H and O–H groups in total. The smallest absolute Gasteiger partial charge is 0.241 e. The molecule has 1 saturated heterocycles. The van der Waals surface area contributed by atoms with Crippen LogP contribution in [0.2, 0.25) is 0 Å². The summed E-state index contributed by atoms with van der Waals surface area (Å²) in [6, 6.07) is 15.1. The lowest BCUT2D eigenvalue weighted by molar-refractivity contribution is -0.121. The van der Waals surface area contributed by atoms with E-state index in [0.717, 1.165) is 42.7 Å². The van der Waals surface area contributed by atoms with Gasteiger partial charge in [0.05, 0.1) is 6.54 Å². The summed E-state index contributed by atoms with van der Waals surface area (Å²) >= 11 is 0. The molecule has 4 rings (SSSR count). The number of nitrogens with zero attached hydrogens (tertiary/aromatic N) is 3. The summed E-state index contributed by atoms with van der Waals surface area (Å²) in [5, 5.41) is 9.79. The number of benzene rings is 2. The van der Waals surface area contributed by atoms with Crippen LogP contribution in [0.1, 0.15) is 31.2 Å². The van der Waals surface area contributed by atoms with Crippen LogP contribution in [0.4, 0.5) is 11.4 Å². The maximum absolute atomic E-state index is 12.6. The van der Waals surface area contributed by atoms with Crippen molar-refractivity contribution in [1.29, 1.82) is 0 Å². The van der Waals surface area contributed by atoms with Gasteiger partial charge in [-0.05, 0) is 63.2 Å². The lowest BCUT2D eigenvalue weighted by Gasteiger charge is -2.30. The zero-order valence-corrected chi connectivity index (χ0v) is 18.3. The van der Waals surface area contributed by atoms with Crippen molar-refractivity contribution in [1.82, 2.24) is 15.0 Å². The minimum atomic E-state index is -0.125. The molecule has 0 bridgehead atoms. The predicted molar refractivity (Wildman–Crippen MR) is 122 cm³/mol. The number of anilines is 2. The number of aromatic nitrogens is 2. The Morgan fingerprint density at radius 2 is 1.75 bits per heavy atom. The van der Waals surface area contributed by atoms with E-state index in [-0.39, 0.29) is 17.7 Å². The number of nitrogens with one attached hydrogen (secondary N) is 2. The van der Waals surface area contributed by atoms with E-state index in [2.05, 4.69) is 25.7 Å². The van der Waals surface area contributed by atoms with E-state index in [1.54, 1.807) is 24.3 Å². The second-order valence-corrected chi connectivity index (χ2v) is 8.18. The normalized spacial score (nSPS) is 14.8. The summed E-state index contributed by atoms with van der Waals surface area (Å²) in [5.74, 6) is 1.05. The first-order valence-corrected chi connectivity index (χ1v) is 10.8. The number of amides is 2. The van der Waals surface area contributed by atoms with Crippen molar-refractivity contribution >= 4 is 23.2 Å². The van der Waals surface area contributed by atoms with E-state index in [0.29, 0.717) is 23.9 Å². The van der Waals surface area contributed by atoms with Crippen LogP contribution in [0, 0.1) is 12.8 Å². The van der Waals surface area contributed by atoms with Crippen LogP contribution in [0.15, 0.2) is 53.1 Å². The van der Waals surface area contributed by atoms with Gasteiger partial charge >= 0.3 is 0 Å². The molecule has 32 heavy (non-hydrogen) atoms. The number of hydrogen-bond donors (Lipinski definition) is 2. The molecule has 0 atom stereocenters. The van der Waals surface area contributed by atoms with Gasteiger partial charge in [-0.3, -0.25) is 14.5 Å². The third-order valence-electron chi connectivity index (χ3n) is 5.53. The summed E-state index contributed by atoms with van der Waals surface area (Å²) in [4.78, 5) is 30.5. The van der Waals surface area contributed by atoms with Crippen molar-refractivity contribution in [2.45, 2.75) is 33.2 Å². The van der Waals surface area contributed by atoms with E-state index in [4.69, 9.17) is 4.52 Å². The molecule has 8 nitrogen and oxygen atoms in total. The van der Waals surface area contributed by atoms with Gasteiger partial charge in [-0.1, -0.05) is 28.9 Å². The first kappa shape index (κ1) is 21.7. The van der Waals surface area contributed by atoms with Crippen molar-refractivity contribution in [3.05, 3.63) is 60.0 Å². The topological polar surface area (TPSA) is 100 Å². The Bertz CT molecular complexity index is 1090. The van der Waals surface area contributed by atoms with E-state index >= 15 is 0 Å². The molecular formula is C24H27N5O3. The minimum absolute atomic E-state index is 0.0245. The molecule has 166 valence electrons. The van der Waals surface area contributed by atoms with Gasteiger partial charge in [-0.2, -0.15) is 4.98 Å². The molecule has 1 aliphatic heterocycles. The molecule has 0 radical (unpaired) electrons. The predicted octanol–water partition coefficient (Wildman–Crippen LogP) is 3.85. The Morgan fingerprint density at radius 3 is 2.41 bits per heavy atom. The third kappa shape index (κ3) is 5.59. The first-order valence-electron chi connectivity index (χ1n) is 10.8. The number of carbonyl (C=O) groups is 2. The molecule has 1 aliphatic rings. The second kappa shape index (κ2) is 9.74. The molecule has 3 aromatic rings. The highest BCUT2D eigenvalue weighted by molar-refractivity contribution is 5.93. The summed E-state index contributed by atoms with van der Waals surface area (Å²) in [6.07, 6.45) is 1.55. The van der Waals surface area contributed by atoms with E-state index in [1.165, 1.54) is 6.92 Å². The van der Waals surface area contributed by atoms with Crippen LogP contribution in [-0.2, 0) is 16.1 Å². The van der Waals surface area contributed by atoms with Crippen molar-refractivity contribution in [2.24, 2.45) is 5.92 Å². The van der Waals surface area contributed by atoms with Gasteiger partial charge in [0.25, 0.3) is 0 Å². The number of piperidine rings is 1. The SMILES string of the molecule is CC(=O)Nc1ccc(NC(=O)C2CCN(Cc3nc(-c4cccc(C)c4)no3)CC2)cc1. The van der Waals surface area contributed by atoms with Crippen LogP contribution in [-0.4, -0.2) is 39.9 Å². The van der Waals surface area contributed by atoms with Gasteiger partial charge in [-0.25, -0.2) is 0 Å². The summed E-state index contributed by atoms with van der Waals surface area (Å²) in [6.45, 7) is 5.66. The quantitative estimate of drug-likeness (QED) is 0.612. The lowest BCUT2D eigenvalue weighted by Crippen LogP contribution is -2.37. The average Bonchev–Trinajstić information content (AvgIpc) is 3.24. The van der Waals surface area contributed by atoms with Crippen LogP contribution < -0.4 is 10.6 Å². The van der Waals surface area contributed by atoms with Crippen LogP contribution in [0.3, 0.4) is 0 Å². The van der Waals surface area contributed by atoms with E-state index < -0.39 is 0 Å². The molecule has 2 amide bonds. The van der Waals surface area contributed by atoms with Crippen molar-refractivity contribution < 1.29 is 14.1 Å². The zero-order chi connectivity index (χ0) is 22.5. The second-order valence-electron chi connectivity index (χ2n) is 8.18. The number of aryl methyl sites for hydroxylation is 1. The molecule has 0 unspecified atom stereocenters. The van der Waals surface area contributed by atoms with Gasteiger partial charge in [-0.15, -0.1) is 0 Å². The number of carbonyl (C=O) groups excluding carboxylic acids is 2. The highest BCUT2D eigenvalue weighted by Gasteiger charge is 2.26. The number of hydrogen-bond acceptors (Lipinski definition) is 6. The molecular weight excluding hydrogens is 406 g/mol. The Balaban J connectivity index is 1.26. The molecule has 2 heterocycles. The Labute approximate surface area is 187 Å². The van der Waals surface area contributed by atoms with Crippen molar-refractivity contribution in [3.63, 3.8) is 0 Å². The molecule has 0 saturated carbocycles. The molecule has 0 aliphatic carbocycles. The third-order valence-corrected chi connectivity index (χ3v) is 5.53. The molecule has 8 heteroatoms. The Hall–Kier alpha value is -3.52. The summed E-state index contributed by atoms with van der Waals surface area (Å²) in [7, 11) is 0. The van der Waals surface area contributed by atoms with Crippen LogP contribution in [0.5, 0.6) is 0 Å².